The number of nitrogens with zero attached hydrogens (tertiary/aromatic N) is 2. The standard InChI is InChI=1S/C9H15N5O2/c1-11-7(15)3-4-12-6-5-8(16-2)14-9(10)13-6/h5H,3-4H2,1-2H3,(H,11,15)(H3,10,12,13,14). The molecule has 1 amide bonds. The lowest BCUT2D eigenvalue weighted by Gasteiger charge is -2.07. The number of carbonyl (C=O) groups excluding carboxylic acids is 1. The molecule has 0 radical (unpaired) electrons. The van der Waals surface area contributed by atoms with Crippen LogP contribution in [0.2, 0.25) is 0 Å². The number of carbonyl (C=O) groups is 1. The fraction of sp³-hybridized carbons (Fsp3) is 0.444. The van der Waals surface area contributed by atoms with Crippen molar-refractivity contribution in [2.24, 2.45) is 0 Å². The highest BCUT2D eigenvalue weighted by molar-refractivity contribution is 5.76. The first-order valence-corrected chi connectivity index (χ1v) is 4.78. The van der Waals surface area contributed by atoms with Gasteiger partial charge in [0.05, 0.1) is 7.11 Å². The average Bonchev–Trinajstić information content (AvgIpc) is 2.28. The summed E-state index contributed by atoms with van der Waals surface area (Å²) < 4.78 is 4.93. The Hall–Kier alpha value is -2.05. The molecule has 1 aromatic rings. The Morgan fingerprint density at radius 1 is 1.56 bits per heavy atom. The fourth-order valence-corrected chi connectivity index (χ4v) is 1.07. The molecule has 0 unspecified atom stereocenters. The van der Waals surface area contributed by atoms with Crippen LogP contribution < -0.4 is 21.1 Å². The van der Waals surface area contributed by atoms with Gasteiger partial charge in [-0.2, -0.15) is 9.97 Å². The third-order valence-corrected chi connectivity index (χ3v) is 1.87. The number of anilines is 2. The Morgan fingerprint density at radius 2 is 2.31 bits per heavy atom. The molecule has 0 atom stereocenters. The Morgan fingerprint density at radius 3 is 2.94 bits per heavy atom. The normalized spacial score (nSPS) is 9.62. The number of methoxy groups -OCH3 is 1. The summed E-state index contributed by atoms with van der Waals surface area (Å²) in [6.07, 6.45) is 0.364. The van der Waals surface area contributed by atoms with Crippen LogP contribution in [0.5, 0.6) is 5.88 Å². The van der Waals surface area contributed by atoms with Gasteiger partial charge in [-0.3, -0.25) is 4.79 Å². The van der Waals surface area contributed by atoms with E-state index in [1.807, 2.05) is 0 Å². The van der Waals surface area contributed by atoms with Gasteiger partial charge in [0.25, 0.3) is 0 Å². The first-order chi connectivity index (χ1) is 7.65. The molecule has 0 saturated heterocycles. The molecule has 4 N–H and O–H groups in total. The van der Waals surface area contributed by atoms with Gasteiger partial charge in [-0.1, -0.05) is 0 Å². The first kappa shape index (κ1) is 12.0. The molecule has 0 aliphatic carbocycles. The van der Waals surface area contributed by atoms with E-state index in [1.54, 1.807) is 13.1 Å². The molecule has 7 heteroatoms. The number of hydrogen-bond acceptors (Lipinski definition) is 6. The zero-order valence-electron chi connectivity index (χ0n) is 9.28. The van der Waals surface area contributed by atoms with Gasteiger partial charge in [-0.25, -0.2) is 0 Å². The number of aromatic nitrogens is 2. The SMILES string of the molecule is CNC(=O)CCNc1cc(OC)nc(N)n1. The zero-order chi connectivity index (χ0) is 12.0. The van der Waals surface area contributed by atoms with Crippen molar-refractivity contribution in [3.63, 3.8) is 0 Å². The number of nitrogens with two attached hydrogens (primary N) is 1. The van der Waals surface area contributed by atoms with Crippen molar-refractivity contribution < 1.29 is 9.53 Å². The summed E-state index contributed by atoms with van der Waals surface area (Å²) in [6.45, 7) is 0.472. The lowest BCUT2D eigenvalue weighted by atomic mass is 10.4. The topological polar surface area (TPSA) is 102 Å². The Labute approximate surface area is 93.4 Å². The van der Waals surface area contributed by atoms with Crippen molar-refractivity contribution in [3.8, 4) is 5.88 Å². The van der Waals surface area contributed by atoms with Crippen LogP contribution in [0.25, 0.3) is 0 Å². The molecule has 0 fully saturated rings. The van der Waals surface area contributed by atoms with Crippen LogP contribution in [0.3, 0.4) is 0 Å². The van der Waals surface area contributed by atoms with Crippen LogP contribution in [0.1, 0.15) is 6.42 Å². The number of nitrogens with one attached hydrogen (secondary N) is 2. The molecule has 1 aromatic heterocycles. The molecule has 1 rings (SSSR count). The van der Waals surface area contributed by atoms with E-state index in [9.17, 15) is 4.79 Å². The Bertz CT molecular complexity index is 369. The summed E-state index contributed by atoms with van der Waals surface area (Å²) in [6, 6.07) is 1.61. The Balaban J connectivity index is 2.53. The average molecular weight is 225 g/mol. The quantitative estimate of drug-likeness (QED) is 0.631. The van der Waals surface area contributed by atoms with E-state index < -0.39 is 0 Å². The molecule has 0 saturated carbocycles. The van der Waals surface area contributed by atoms with E-state index >= 15 is 0 Å². The van der Waals surface area contributed by atoms with Gasteiger partial charge in [0.2, 0.25) is 17.7 Å². The monoisotopic (exact) mass is 225 g/mol. The van der Waals surface area contributed by atoms with Crippen molar-refractivity contribution in [2.75, 3.05) is 31.8 Å². The highest BCUT2D eigenvalue weighted by Crippen LogP contribution is 2.13. The van der Waals surface area contributed by atoms with Crippen molar-refractivity contribution in [3.05, 3.63) is 6.07 Å². The first-order valence-electron chi connectivity index (χ1n) is 4.78. The van der Waals surface area contributed by atoms with Crippen LogP contribution >= 0.6 is 0 Å². The highest BCUT2D eigenvalue weighted by Gasteiger charge is 2.02. The predicted molar refractivity (Wildman–Crippen MR) is 60.2 cm³/mol. The minimum Gasteiger partial charge on any atom is -0.481 e. The van der Waals surface area contributed by atoms with Gasteiger partial charge < -0.3 is 21.1 Å². The third-order valence-electron chi connectivity index (χ3n) is 1.87. The molecule has 0 aromatic carbocycles. The van der Waals surface area contributed by atoms with E-state index in [0.717, 1.165) is 0 Å². The lowest BCUT2D eigenvalue weighted by molar-refractivity contribution is -0.120. The van der Waals surface area contributed by atoms with E-state index in [-0.39, 0.29) is 11.9 Å². The Kier molecular flexibility index (Phi) is 4.31. The van der Waals surface area contributed by atoms with Crippen LogP contribution in [-0.2, 0) is 4.79 Å². The maximum Gasteiger partial charge on any atom is 0.225 e. The van der Waals surface area contributed by atoms with Gasteiger partial charge in [-0.05, 0) is 0 Å². The molecule has 1 heterocycles. The molecule has 0 bridgehead atoms. The smallest absolute Gasteiger partial charge is 0.225 e. The third kappa shape index (κ3) is 3.60. The maximum atomic E-state index is 11.0. The molecule has 0 aliphatic rings. The summed E-state index contributed by atoms with van der Waals surface area (Å²) in [5, 5.41) is 5.48. The minimum absolute atomic E-state index is 0.0403. The summed E-state index contributed by atoms with van der Waals surface area (Å²) >= 11 is 0. The second-order valence-electron chi connectivity index (χ2n) is 3.00. The lowest BCUT2D eigenvalue weighted by Crippen LogP contribution is -2.21. The van der Waals surface area contributed by atoms with E-state index in [1.165, 1.54) is 7.11 Å². The van der Waals surface area contributed by atoms with Gasteiger partial charge in [0.15, 0.2) is 0 Å². The molecule has 7 nitrogen and oxygen atoms in total. The summed E-state index contributed by atoms with van der Waals surface area (Å²) in [4.78, 5) is 18.7. The zero-order valence-corrected chi connectivity index (χ0v) is 9.28. The van der Waals surface area contributed by atoms with Gasteiger partial charge in [0, 0.05) is 26.1 Å². The van der Waals surface area contributed by atoms with Crippen LogP contribution in [0, 0.1) is 0 Å². The fourth-order valence-electron chi connectivity index (χ4n) is 1.07. The van der Waals surface area contributed by atoms with Crippen molar-refractivity contribution in [1.29, 1.82) is 0 Å². The number of rotatable bonds is 5. The second kappa shape index (κ2) is 5.74. The number of amides is 1. The van der Waals surface area contributed by atoms with Crippen LogP contribution in [0.4, 0.5) is 11.8 Å². The largest absolute Gasteiger partial charge is 0.481 e. The molecule has 16 heavy (non-hydrogen) atoms. The van der Waals surface area contributed by atoms with Crippen molar-refractivity contribution >= 4 is 17.7 Å². The van der Waals surface area contributed by atoms with Crippen molar-refractivity contribution in [1.82, 2.24) is 15.3 Å². The molecular weight excluding hydrogens is 210 g/mol. The van der Waals surface area contributed by atoms with Crippen LogP contribution in [0.15, 0.2) is 6.07 Å². The summed E-state index contributed by atoms with van der Waals surface area (Å²) in [7, 11) is 3.09. The maximum absolute atomic E-state index is 11.0. The van der Waals surface area contributed by atoms with Crippen molar-refractivity contribution in [2.45, 2.75) is 6.42 Å². The van der Waals surface area contributed by atoms with Gasteiger partial charge in [-0.15, -0.1) is 0 Å². The molecular formula is C9H15N5O2. The summed E-state index contributed by atoms with van der Waals surface area (Å²) in [5.41, 5.74) is 5.47. The van der Waals surface area contributed by atoms with Gasteiger partial charge >= 0.3 is 0 Å². The number of ether oxygens (including phenoxy) is 1. The predicted octanol–water partition coefficient (Wildman–Crippen LogP) is -0.385. The number of hydrogen-bond donors (Lipinski definition) is 3. The van der Waals surface area contributed by atoms with Gasteiger partial charge in [0.1, 0.15) is 5.82 Å². The molecule has 0 spiro atoms. The minimum atomic E-state index is -0.0403. The summed E-state index contributed by atoms with van der Waals surface area (Å²) in [5.74, 6) is 1.01. The van der Waals surface area contributed by atoms with E-state index in [0.29, 0.717) is 24.7 Å². The van der Waals surface area contributed by atoms with E-state index in [4.69, 9.17) is 10.5 Å². The number of nitrogen functional groups attached to an aromatic ring is 1. The molecule has 88 valence electrons. The second-order valence-corrected chi connectivity index (χ2v) is 3.00. The van der Waals surface area contributed by atoms with Crippen LogP contribution in [-0.4, -0.2) is 36.6 Å². The highest BCUT2D eigenvalue weighted by atomic mass is 16.5. The molecule has 0 aliphatic heterocycles. The van der Waals surface area contributed by atoms with E-state index in [2.05, 4.69) is 20.6 Å².